The zero-order chi connectivity index (χ0) is 30.2. The molecule has 1 N–H and O–H groups in total. The highest BCUT2D eigenvalue weighted by molar-refractivity contribution is 7.94. The van der Waals surface area contributed by atoms with Crippen molar-refractivity contribution in [1.82, 2.24) is 18.5 Å². The Morgan fingerprint density at radius 3 is 2.36 bits per heavy atom. The standard InChI is InChI=1S/C27H25N5O8S2/c1-18-24(39-3)12-13-28-26(18)30(2)42(37,38)27-29-22-16-19(31-14-4-5-15-31)6-11-23(22)32(27)41(35,36)21-9-7-20(8-10-21)40-17-25(33)34/h4-16H,17H2,1-3H3,(H,33,34). The van der Waals surface area contributed by atoms with Gasteiger partial charge in [-0.05, 0) is 67.6 Å². The molecule has 0 radical (unpaired) electrons. The molecule has 0 saturated carbocycles. The lowest BCUT2D eigenvalue weighted by Gasteiger charge is -2.21. The van der Waals surface area contributed by atoms with E-state index in [9.17, 15) is 21.6 Å². The van der Waals surface area contributed by atoms with Gasteiger partial charge < -0.3 is 19.1 Å². The van der Waals surface area contributed by atoms with Crippen molar-refractivity contribution in [2.24, 2.45) is 0 Å². The van der Waals surface area contributed by atoms with E-state index in [1.165, 1.54) is 50.7 Å². The number of fused-ring (bicyclic) bond motifs is 1. The van der Waals surface area contributed by atoms with Crippen LogP contribution in [0.2, 0.25) is 0 Å². The number of anilines is 1. The molecule has 0 unspecified atom stereocenters. The maximum Gasteiger partial charge on any atom is 0.341 e. The molecule has 13 nitrogen and oxygen atoms in total. The maximum atomic E-state index is 14.1. The molecule has 42 heavy (non-hydrogen) atoms. The Kier molecular flexibility index (Phi) is 7.38. The third-order valence-corrected chi connectivity index (χ3v) is 9.89. The molecule has 0 aliphatic rings. The summed E-state index contributed by atoms with van der Waals surface area (Å²) < 4.78 is 70.0. The fourth-order valence-electron chi connectivity index (χ4n) is 4.33. The topological polar surface area (TPSA) is 163 Å². The summed E-state index contributed by atoms with van der Waals surface area (Å²) in [5.74, 6) is -0.658. The molecule has 3 heterocycles. The largest absolute Gasteiger partial charge is 0.496 e. The molecule has 0 amide bonds. The van der Waals surface area contributed by atoms with Crippen molar-refractivity contribution in [2.45, 2.75) is 17.0 Å². The van der Waals surface area contributed by atoms with Crippen LogP contribution in [0.25, 0.3) is 16.7 Å². The molecule has 0 atom stereocenters. The van der Waals surface area contributed by atoms with E-state index < -0.39 is 37.8 Å². The number of carboxylic acids is 1. The molecule has 5 rings (SSSR count). The Balaban J connectivity index is 1.70. The molecular formula is C27H25N5O8S2. The number of pyridine rings is 1. The Labute approximate surface area is 241 Å². The summed E-state index contributed by atoms with van der Waals surface area (Å²) >= 11 is 0. The molecule has 218 valence electrons. The predicted octanol–water partition coefficient (Wildman–Crippen LogP) is 3.06. The summed E-state index contributed by atoms with van der Waals surface area (Å²) in [6.07, 6.45) is 4.95. The van der Waals surface area contributed by atoms with Gasteiger partial charge in [0, 0.05) is 36.9 Å². The van der Waals surface area contributed by atoms with E-state index in [4.69, 9.17) is 14.6 Å². The number of imidazole rings is 1. The lowest BCUT2D eigenvalue weighted by molar-refractivity contribution is -0.139. The normalized spacial score (nSPS) is 11.9. The van der Waals surface area contributed by atoms with Crippen molar-refractivity contribution in [3.05, 3.63) is 84.8 Å². The van der Waals surface area contributed by atoms with Gasteiger partial charge in [-0.1, -0.05) is 0 Å². The fraction of sp³-hybridized carbons (Fsp3) is 0.148. The second kappa shape index (κ2) is 10.8. The van der Waals surface area contributed by atoms with Gasteiger partial charge in [0.05, 0.1) is 23.0 Å². The van der Waals surface area contributed by atoms with Crippen LogP contribution in [0.4, 0.5) is 5.82 Å². The first-order valence-corrected chi connectivity index (χ1v) is 15.2. The zero-order valence-corrected chi connectivity index (χ0v) is 24.2. The highest BCUT2D eigenvalue weighted by atomic mass is 32.2. The molecular weight excluding hydrogens is 586 g/mol. The van der Waals surface area contributed by atoms with Crippen LogP contribution < -0.4 is 13.8 Å². The van der Waals surface area contributed by atoms with Crippen LogP contribution >= 0.6 is 0 Å². The van der Waals surface area contributed by atoms with Gasteiger partial charge in [0.1, 0.15) is 17.3 Å². The van der Waals surface area contributed by atoms with Crippen molar-refractivity contribution in [2.75, 3.05) is 25.1 Å². The number of sulfonamides is 1. The molecule has 15 heteroatoms. The van der Waals surface area contributed by atoms with E-state index >= 15 is 0 Å². The predicted molar refractivity (Wildman–Crippen MR) is 152 cm³/mol. The number of ether oxygens (including phenoxy) is 2. The van der Waals surface area contributed by atoms with Crippen LogP contribution in [-0.2, 0) is 24.8 Å². The molecule has 0 saturated heterocycles. The molecule has 2 aromatic carbocycles. The van der Waals surface area contributed by atoms with Crippen LogP contribution in [0.5, 0.6) is 11.5 Å². The van der Waals surface area contributed by atoms with Crippen LogP contribution in [0, 0.1) is 6.92 Å². The Morgan fingerprint density at radius 1 is 1.02 bits per heavy atom. The number of hydrogen-bond acceptors (Lipinski definition) is 9. The minimum Gasteiger partial charge on any atom is -0.496 e. The van der Waals surface area contributed by atoms with Gasteiger partial charge in [-0.15, -0.1) is 0 Å². The van der Waals surface area contributed by atoms with Crippen LogP contribution in [0.1, 0.15) is 5.56 Å². The van der Waals surface area contributed by atoms with E-state index in [1.807, 2.05) is 12.1 Å². The van der Waals surface area contributed by atoms with Gasteiger partial charge in [-0.25, -0.2) is 31.5 Å². The lowest BCUT2D eigenvalue weighted by atomic mass is 10.2. The Hall–Kier alpha value is -4.89. The minimum atomic E-state index is -4.62. The molecule has 0 fully saturated rings. The van der Waals surface area contributed by atoms with E-state index in [2.05, 4.69) is 9.97 Å². The zero-order valence-electron chi connectivity index (χ0n) is 22.6. The van der Waals surface area contributed by atoms with E-state index in [0.717, 1.165) is 4.31 Å². The third kappa shape index (κ3) is 5.03. The Bertz CT molecular complexity index is 2000. The lowest BCUT2D eigenvalue weighted by Crippen LogP contribution is -2.32. The number of nitrogens with zero attached hydrogens (tertiary/aromatic N) is 5. The van der Waals surface area contributed by atoms with Crippen molar-refractivity contribution in [3.63, 3.8) is 0 Å². The number of carboxylic acid groups (broad SMARTS) is 1. The van der Waals surface area contributed by atoms with Crippen LogP contribution in [0.15, 0.2) is 89.3 Å². The smallest absolute Gasteiger partial charge is 0.341 e. The summed E-state index contributed by atoms with van der Waals surface area (Å²) in [5, 5.41) is 8.09. The van der Waals surface area contributed by atoms with Crippen molar-refractivity contribution in [3.8, 4) is 17.2 Å². The first kappa shape index (κ1) is 28.6. The molecule has 0 aliphatic carbocycles. The fourth-order valence-corrected chi connectivity index (χ4v) is 7.43. The van der Waals surface area contributed by atoms with Gasteiger partial charge in [0.25, 0.3) is 25.2 Å². The Morgan fingerprint density at radius 2 is 1.71 bits per heavy atom. The summed E-state index contributed by atoms with van der Waals surface area (Å²) in [6, 6.07) is 14.9. The SMILES string of the molecule is COc1ccnc(N(C)S(=O)(=O)c2nc3cc(-n4cccc4)ccc3n2S(=O)(=O)c2ccc(OCC(=O)O)cc2)c1C. The van der Waals surface area contributed by atoms with Crippen LogP contribution in [0.3, 0.4) is 0 Å². The summed E-state index contributed by atoms with van der Waals surface area (Å²) in [5.41, 5.74) is 1.20. The van der Waals surface area contributed by atoms with E-state index in [1.54, 1.807) is 42.1 Å². The second-order valence-corrected chi connectivity index (χ2v) is 12.7. The molecule has 5 aromatic rings. The van der Waals surface area contributed by atoms with Gasteiger partial charge in [-0.3, -0.25) is 0 Å². The van der Waals surface area contributed by atoms with E-state index in [0.29, 0.717) is 21.0 Å². The molecule has 3 aromatic heterocycles. The van der Waals surface area contributed by atoms with Gasteiger partial charge in [0.15, 0.2) is 6.61 Å². The molecule has 0 bridgehead atoms. The summed E-state index contributed by atoms with van der Waals surface area (Å²) in [7, 11) is -6.50. The van der Waals surface area contributed by atoms with Gasteiger partial charge in [0.2, 0.25) is 0 Å². The van der Waals surface area contributed by atoms with Crippen LogP contribution in [-0.4, -0.2) is 67.2 Å². The van der Waals surface area contributed by atoms with Crippen molar-refractivity contribution in [1.29, 1.82) is 0 Å². The highest BCUT2D eigenvalue weighted by Gasteiger charge is 2.36. The number of hydrogen-bond donors (Lipinski definition) is 1. The first-order chi connectivity index (χ1) is 19.9. The molecule has 0 spiro atoms. The van der Waals surface area contributed by atoms with E-state index in [-0.39, 0.29) is 27.5 Å². The average Bonchev–Trinajstić information content (AvgIpc) is 3.65. The van der Waals surface area contributed by atoms with Crippen molar-refractivity contribution < 1.29 is 36.2 Å². The van der Waals surface area contributed by atoms with Gasteiger partial charge >= 0.3 is 5.97 Å². The number of rotatable bonds is 10. The number of carbonyl (C=O) groups is 1. The summed E-state index contributed by atoms with van der Waals surface area (Å²) in [6.45, 7) is 1.01. The number of aliphatic carboxylic acids is 1. The first-order valence-electron chi connectivity index (χ1n) is 12.3. The number of benzene rings is 2. The number of aromatic nitrogens is 4. The van der Waals surface area contributed by atoms with Crippen molar-refractivity contribution >= 4 is 42.9 Å². The molecule has 0 aliphatic heterocycles. The average molecular weight is 612 g/mol. The quantitative estimate of drug-likeness (QED) is 0.248. The highest BCUT2D eigenvalue weighted by Crippen LogP contribution is 2.33. The second-order valence-electron chi connectivity index (χ2n) is 9.02. The third-order valence-electron chi connectivity index (χ3n) is 6.43. The monoisotopic (exact) mass is 611 g/mol. The maximum absolute atomic E-state index is 14.1. The minimum absolute atomic E-state index is 0.0262. The van der Waals surface area contributed by atoms with Gasteiger partial charge in [-0.2, -0.15) is 8.42 Å². The summed E-state index contributed by atoms with van der Waals surface area (Å²) in [4.78, 5) is 19.1. The number of methoxy groups -OCH3 is 1.